The number of rotatable bonds is 3. The summed E-state index contributed by atoms with van der Waals surface area (Å²) in [6.07, 6.45) is 0. The molecule has 1 aromatic heterocycles. The van der Waals surface area contributed by atoms with Crippen molar-refractivity contribution < 1.29 is 4.42 Å². The van der Waals surface area contributed by atoms with Crippen molar-refractivity contribution >= 4 is 49.8 Å². The van der Waals surface area contributed by atoms with Gasteiger partial charge >= 0.3 is 0 Å². The first-order valence-corrected chi connectivity index (χ1v) is 10.1. The van der Waals surface area contributed by atoms with Gasteiger partial charge in [0, 0.05) is 27.5 Å². The van der Waals surface area contributed by atoms with Crippen molar-refractivity contribution in [2.75, 3.05) is 4.90 Å². The standard InChI is InChI=1S/C28H19NO/c1-3-11-21(12-4-1)29(22-13-5-2-6-14-22)26-17-9-16-24-25-19-18-20-10-7-8-15-23(20)27(25)30-28(24)26/h1-19H. The van der Waals surface area contributed by atoms with E-state index >= 15 is 0 Å². The molecule has 0 bridgehead atoms. The Hall–Kier alpha value is -4.04. The zero-order valence-electron chi connectivity index (χ0n) is 16.3. The van der Waals surface area contributed by atoms with Crippen molar-refractivity contribution in [1.29, 1.82) is 0 Å². The van der Waals surface area contributed by atoms with Gasteiger partial charge in [0.2, 0.25) is 0 Å². The average molecular weight is 385 g/mol. The van der Waals surface area contributed by atoms with Gasteiger partial charge in [-0.2, -0.15) is 0 Å². The Labute approximate surface area is 174 Å². The maximum Gasteiger partial charge on any atom is 0.159 e. The van der Waals surface area contributed by atoms with Gasteiger partial charge in [-0.15, -0.1) is 0 Å². The monoisotopic (exact) mass is 385 g/mol. The lowest BCUT2D eigenvalue weighted by atomic mass is 10.1. The second-order valence-corrected chi connectivity index (χ2v) is 7.43. The van der Waals surface area contributed by atoms with E-state index in [0.29, 0.717) is 0 Å². The third-order valence-corrected chi connectivity index (χ3v) is 5.64. The SMILES string of the molecule is c1ccc(N(c2ccccc2)c2cccc3c2oc2c4ccccc4ccc32)cc1. The molecule has 0 unspecified atom stereocenters. The predicted octanol–water partition coefficient (Wildman–Crippen LogP) is 8.21. The number of fused-ring (bicyclic) bond motifs is 5. The van der Waals surface area contributed by atoms with Crippen molar-refractivity contribution in [3.05, 3.63) is 115 Å². The third-order valence-electron chi connectivity index (χ3n) is 5.64. The minimum Gasteiger partial charge on any atom is -0.453 e. The molecular weight excluding hydrogens is 366 g/mol. The molecule has 0 saturated heterocycles. The molecule has 142 valence electrons. The van der Waals surface area contributed by atoms with Gasteiger partial charge in [0.1, 0.15) is 5.58 Å². The van der Waals surface area contributed by atoms with E-state index in [1.807, 2.05) is 12.1 Å². The highest BCUT2D eigenvalue weighted by atomic mass is 16.3. The molecule has 2 nitrogen and oxygen atoms in total. The smallest absolute Gasteiger partial charge is 0.159 e. The highest BCUT2D eigenvalue weighted by Gasteiger charge is 2.19. The van der Waals surface area contributed by atoms with Gasteiger partial charge in [-0.1, -0.05) is 78.9 Å². The summed E-state index contributed by atoms with van der Waals surface area (Å²) in [5.74, 6) is 0. The normalized spacial score (nSPS) is 11.3. The van der Waals surface area contributed by atoms with E-state index in [0.717, 1.165) is 44.4 Å². The Kier molecular flexibility index (Phi) is 3.82. The van der Waals surface area contributed by atoms with E-state index in [4.69, 9.17) is 4.42 Å². The van der Waals surface area contributed by atoms with Gasteiger partial charge < -0.3 is 9.32 Å². The Morgan fingerprint density at radius 3 is 1.77 bits per heavy atom. The molecule has 5 aromatic carbocycles. The van der Waals surface area contributed by atoms with Gasteiger partial charge in [-0.25, -0.2) is 0 Å². The number of benzene rings is 5. The molecule has 0 atom stereocenters. The lowest BCUT2D eigenvalue weighted by Crippen LogP contribution is -2.09. The number of hydrogen-bond acceptors (Lipinski definition) is 2. The molecule has 30 heavy (non-hydrogen) atoms. The van der Waals surface area contributed by atoms with Gasteiger partial charge in [0.05, 0.1) is 5.69 Å². The number of para-hydroxylation sites is 3. The van der Waals surface area contributed by atoms with Crippen LogP contribution in [-0.2, 0) is 0 Å². The number of nitrogens with zero attached hydrogens (tertiary/aromatic N) is 1. The first-order valence-electron chi connectivity index (χ1n) is 10.1. The summed E-state index contributed by atoms with van der Waals surface area (Å²) in [4.78, 5) is 2.26. The number of hydrogen-bond donors (Lipinski definition) is 0. The zero-order chi connectivity index (χ0) is 19.9. The molecule has 0 amide bonds. The number of furan rings is 1. The van der Waals surface area contributed by atoms with Crippen LogP contribution in [0.5, 0.6) is 0 Å². The summed E-state index contributed by atoms with van der Waals surface area (Å²) < 4.78 is 6.58. The van der Waals surface area contributed by atoms with Gasteiger partial charge in [0.15, 0.2) is 5.58 Å². The Morgan fingerprint density at radius 2 is 1.03 bits per heavy atom. The molecule has 0 radical (unpaired) electrons. The van der Waals surface area contributed by atoms with Crippen LogP contribution in [-0.4, -0.2) is 0 Å². The van der Waals surface area contributed by atoms with Crippen LogP contribution in [0.15, 0.2) is 120 Å². The summed E-state index contributed by atoms with van der Waals surface area (Å²) >= 11 is 0. The quantitative estimate of drug-likeness (QED) is 0.305. The molecule has 1 heterocycles. The first-order chi connectivity index (χ1) is 14.9. The van der Waals surface area contributed by atoms with Gasteiger partial charge in [-0.05, 0) is 41.8 Å². The minimum absolute atomic E-state index is 0.900. The van der Waals surface area contributed by atoms with E-state index in [1.54, 1.807) is 0 Å². The second-order valence-electron chi connectivity index (χ2n) is 7.43. The minimum atomic E-state index is 0.900. The number of anilines is 3. The maximum absolute atomic E-state index is 6.58. The fraction of sp³-hybridized carbons (Fsp3) is 0. The Balaban J connectivity index is 1.69. The van der Waals surface area contributed by atoms with Crippen molar-refractivity contribution in [2.45, 2.75) is 0 Å². The molecular formula is C28H19NO. The third kappa shape index (κ3) is 2.58. The Bertz CT molecular complexity index is 1440. The topological polar surface area (TPSA) is 16.4 Å². The molecule has 0 spiro atoms. The van der Waals surface area contributed by atoms with Gasteiger partial charge in [-0.3, -0.25) is 0 Å². The van der Waals surface area contributed by atoms with Crippen LogP contribution in [0.3, 0.4) is 0 Å². The maximum atomic E-state index is 6.58. The van der Waals surface area contributed by atoms with E-state index in [-0.39, 0.29) is 0 Å². The summed E-state index contributed by atoms with van der Waals surface area (Å²) in [6.45, 7) is 0. The summed E-state index contributed by atoms with van der Waals surface area (Å²) in [5.41, 5.74) is 5.07. The summed E-state index contributed by atoms with van der Waals surface area (Å²) in [7, 11) is 0. The molecule has 0 aliphatic heterocycles. The van der Waals surface area contributed by atoms with Crippen LogP contribution in [0, 0.1) is 0 Å². The van der Waals surface area contributed by atoms with Crippen LogP contribution in [0.2, 0.25) is 0 Å². The van der Waals surface area contributed by atoms with E-state index in [1.165, 1.54) is 5.39 Å². The molecule has 0 aliphatic rings. The highest BCUT2D eigenvalue weighted by molar-refractivity contribution is 6.17. The van der Waals surface area contributed by atoms with E-state index in [2.05, 4.69) is 108 Å². The van der Waals surface area contributed by atoms with E-state index in [9.17, 15) is 0 Å². The lowest BCUT2D eigenvalue weighted by molar-refractivity contribution is 0.673. The molecule has 0 fully saturated rings. The van der Waals surface area contributed by atoms with Crippen molar-refractivity contribution in [1.82, 2.24) is 0 Å². The summed E-state index contributed by atoms with van der Waals surface area (Å²) in [6, 6.07) is 40.0. The molecule has 0 N–H and O–H groups in total. The first kappa shape index (κ1) is 16.9. The zero-order valence-corrected chi connectivity index (χ0v) is 16.3. The van der Waals surface area contributed by atoms with Crippen molar-refractivity contribution in [2.24, 2.45) is 0 Å². The second kappa shape index (κ2) is 6.78. The van der Waals surface area contributed by atoms with Crippen LogP contribution in [0.4, 0.5) is 17.1 Å². The molecule has 6 aromatic rings. The molecule has 6 rings (SSSR count). The largest absolute Gasteiger partial charge is 0.453 e. The van der Waals surface area contributed by atoms with E-state index < -0.39 is 0 Å². The highest BCUT2D eigenvalue weighted by Crippen LogP contribution is 2.43. The predicted molar refractivity (Wildman–Crippen MR) is 126 cm³/mol. The Morgan fingerprint density at radius 1 is 0.433 bits per heavy atom. The summed E-state index contributed by atoms with van der Waals surface area (Å²) in [5, 5.41) is 4.61. The van der Waals surface area contributed by atoms with Gasteiger partial charge in [0.25, 0.3) is 0 Å². The fourth-order valence-electron chi connectivity index (χ4n) is 4.27. The van der Waals surface area contributed by atoms with Crippen LogP contribution < -0.4 is 4.90 Å². The average Bonchev–Trinajstić information content (AvgIpc) is 3.21. The van der Waals surface area contributed by atoms with Crippen LogP contribution in [0.25, 0.3) is 32.7 Å². The molecule has 2 heteroatoms. The fourth-order valence-corrected chi connectivity index (χ4v) is 4.27. The molecule has 0 saturated carbocycles. The van der Waals surface area contributed by atoms with Crippen LogP contribution >= 0.6 is 0 Å². The lowest BCUT2D eigenvalue weighted by Gasteiger charge is -2.25. The van der Waals surface area contributed by atoms with Crippen molar-refractivity contribution in [3.8, 4) is 0 Å². The molecule has 0 aliphatic carbocycles. The van der Waals surface area contributed by atoms with Crippen LogP contribution in [0.1, 0.15) is 0 Å². The van der Waals surface area contributed by atoms with Crippen molar-refractivity contribution in [3.63, 3.8) is 0 Å².